The Morgan fingerprint density at radius 1 is 0.560 bits per heavy atom. The lowest BCUT2D eigenvalue weighted by atomic mass is 9.94. The van der Waals surface area contributed by atoms with E-state index in [-0.39, 0.29) is 0 Å². The largest absolute Gasteiger partial charge is 0.120 e. The first kappa shape index (κ1) is 14.1. The summed E-state index contributed by atoms with van der Waals surface area (Å²) in [7, 11) is 0. The molecular formula is C25H16. The summed E-state index contributed by atoms with van der Waals surface area (Å²) in [5, 5.41) is 10.3. The molecule has 0 heterocycles. The fourth-order valence-corrected chi connectivity index (χ4v) is 3.85. The molecule has 5 aromatic carbocycles. The lowest BCUT2D eigenvalue weighted by Crippen LogP contribution is -1.85. The Kier molecular flexibility index (Phi) is 3.02. The number of hydrogen-bond acceptors (Lipinski definition) is 0. The van der Waals surface area contributed by atoms with Crippen molar-refractivity contribution in [2.24, 2.45) is 0 Å². The van der Waals surface area contributed by atoms with Crippen LogP contribution >= 0.6 is 0 Å². The molecule has 0 nitrogen and oxygen atoms in total. The highest BCUT2D eigenvalue weighted by molar-refractivity contribution is 6.19. The molecule has 116 valence electrons. The zero-order chi connectivity index (χ0) is 16.8. The topological polar surface area (TPSA) is 0 Å². The van der Waals surface area contributed by atoms with Crippen molar-refractivity contribution >= 4 is 43.1 Å². The van der Waals surface area contributed by atoms with Gasteiger partial charge in [0.25, 0.3) is 0 Å². The number of hydrogen-bond donors (Lipinski definition) is 0. The van der Waals surface area contributed by atoms with Gasteiger partial charge in [-0.15, -0.1) is 12.3 Å². The Bertz CT molecular complexity index is 1320. The van der Waals surface area contributed by atoms with Crippen molar-refractivity contribution in [1.82, 2.24) is 0 Å². The van der Waals surface area contributed by atoms with Crippen molar-refractivity contribution in [2.75, 3.05) is 0 Å². The second kappa shape index (κ2) is 5.36. The van der Waals surface area contributed by atoms with E-state index in [9.17, 15) is 0 Å². The summed E-state index contributed by atoms with van der Waals surface area (Å²) in [6.45, 7) is 0. The summed E-state index contributed by atoms with van der Waals surface area (Å²) >= 11 is 0. The first-order valence-electron chi connectivity index (χ1n) is 8.54. The van der Waals surface area contributed by atoms with Crippen LogP contribution in [0.5, 0.6) is 0 Å². The third-order valence-corrected chi connectivity index (χ3v) is 5.07. The molecule has 0 saturated carbocycles. The van der Waals surface area contributed by atoms with Crippen LogP contribution in [-0.2, 0) is 6.42 Å². The molecule has 25 heavy (non-hydrogen) atoms. The van der Waals surface area contributed by atoms with Gasteiger partial charge in [-0.3, -0.25) is 0 Å². The molecule has 0 fully saturated rings. The predicted octanol–water partition coefficient (Wildman–Crippen LogP) is 6.48. The molecule has 0 saturated heterocycles. The Morgan fingerprint density at radius 2 is 1.20 bits per heavy atom. The fraction of sp³-hybridized carbons (Fsp3) is 0.0400. The van der Waals surface area contributed by atoms with Gasteiger partial charge < -0.3 is 0 Å². The number of terminal acetylenes is 1. The van der Waals surface area contributed by atoms with E-state index in [1.54, 1.807) is 0 Å². The summed E-state index contributed by atoms with van der Waals surface area (Å²) < 4.78 is 0. The van der Waals surface area contributed by atoms with Gasteiger partial charge in [-0.1, -0.05) is 66.7 Å². The van der Waals surface area contributed by atoms with E-state index in [1.165, 1.54) is 48.7 Å². The van der Waals surface area contributed by atoms with Crippen molar-refractivity contribution < 1.29 is 0 Å². The summed E-state index contributed by atoms with van der Waals surface area (Å²) in [5.74, 6) is 2.73. The maximum absolute atomic E-state index is 5.45. The average Bonchev–Trinajstić information content (AvgIpc) is 2.66. The smallest absolute Gasteiger partial charge is 0.0337 e. The highest BCUT2D eigenvalue weighted by Crippen LogP contribution is 2.33. The minimum Gasteiger partial charge on any atom is -0.120 e. The molecule has 5 rings (SSSR count). The summed E-state index contributed by atoms with van der Waals surface area (Å²) in [5.41, 5.74) is 1.20. The third-order valence-electron chi connectivity index (χ3n) is 5.07. The van der Waals surface area contributed by atoms with Crippen molar-refractivity contribution in [2.45, 2.75) is 6.42 Å². The van der Waals surface area contributed by atoms with E-state index in [1.807, 2.05) is 0 Å². The second-order valence-corrected chi connectivity index (χ2v) is 6.58. The van der Waals surface area contributed by atoms with Crippen molar-refractivity contribution in [3.63, 3.8) is 0 Å². The molecular weight excluding hydrogens is 300 g/mol. The van der Waals surface area contributed by atoms with Crippen LogP contribution in [0.1, 0.15) is 5.56 Å². The van der Waals surface area contributed by atoms with Gasteiger partial charge in [-0.25, -0.2) is 0 Å². The normalized spacial score (nSPS) is 11.3. The van der Waals surface area contributed by atoms with Gasteiger partial charge >= 0.3 is 0 Å². The number of rotatable bonds is 1. The Labute approximate surface area is 146 Å². The minimum atomic E-state index is 0.678. The molecule has 5 aromatic rings. The first-order chi connectivity index (χ1) is 12.3. The summed E-state index contributed by atoms with van der Waals surface area (Å²) in [6, 6.07) is 28.6. The van der Waals surface area contributed by atoms with Gasteiger partial charge in [0.2, 0.25) is 0 Å². The highest BCUT2D eigenvalue weighted by Gasteiger charge is 2.06. The van der Waals surface area contributed by atoms with E-state index in [4.69, 9.17) is 6.42 Å². The van der Waals surface area contributed by atoms with Gasteiger partial charge in [0.1, 0.15) is 0 Å². The van der Waals surface area contributed by atoms with Crippen LogP contribution in [0.15, 0.2) is 78.9 Å². The lowest BCUT2D eigenvalue weighted by Gasteiger charge is -2.10. The molecule has 0 atom stereocenters. The molecule has 0 spiro atoms. The summed E-state index contributed by atoms with van der Waals surface area (Å²) in [6.07, 6.45) is 6.13. The lowest BCUT2D eigenvalue weighted by molar-refractivity contribution is 1.34. The molecule has 0 aliphatic heterocycles. The standard InChI is InChI=1S/C25H16/c1-2-5-17-8-11-22-20(14-17)9-13-24-23(22)12-10-21-15-18-6-3-4-7-19(18)16-25(21)24/h1,3-4,6-16H,5H2. The maximum atomic E-state index is 5.45. The SMILES string of the molecule is C#CCc1ccc2c(ccc3c4cc5ccccc5cc4ccc23)c1. The van der Waals surface area contributed by atoms with Crippen LogP contribution in [0.3, 0.4) is 0 Å². The third kappa shape index (κ3) is 2.17. The maximum Gasteiger partial charge on any atom is 0.0337 e. The molecule has 0 bridgehead atoms. The summed E-state index contributed by atoms with van der Waals surface area (Å²) in [4.78, 5) is 0. The molecule has 0 amide bonds. The van der Waals surface area contributed by atoms with Crippen molar-refractivity contribution in [1.29, 1.82) is 0 Å². The molecule has 0 N–H and O–H groups in total. The highest BCUT2D eigenvalue weighted by atomic mass is 14.1. The molecule has 0 unspecified atom stereocenters. The van der Waals surface area contributed by atoms with Gasteiger partial charge in [-0.05, 0) is 60.8 Å². The van der Waals surface area contributed by atoms with E-state index in [0.717, 1.165) is 0 Å². The number of benzene rings is 5. The predicted molar refractivity (Wildman–Crippen MR) is 109 cm³/mol. The quantitative estimate of drug-likeness (QED) is 0.189. The van der Waals surface area contributed by atoms with Gasteiger partial charge in [-0.2, -0.15) is 0 Å². The van der Waals surface area contributed by atoms with Gasteiger partial charge in [0, 0.05) is 6.42 Å². The molecule has 0 radical (unpaired) electrons. The zero-order valence-electron chi connectivity index (χ0n) is 13.8. The monoisotopic (exact) mass is 316 g/mol. The van der Waals surface area contributed by atoms with E-state index in [2.05, 4.69) is 84.8 Å². The van der Waals surface area contributed by atoms with E-state index in [0.29, 0.717) is 6.42 Å². The molecule has 0 aliphatic carbocycles. The Balaban J connectivity index is 1.87. The Hall–Kier alpha value is -3.30. The zero-order valence-corrected chi connectivity index (χ0v) is 13.8. The van der Waals surface area contributed by atoms with Crippen LogP contribution in [0, 0.1) is 12.3 Å². The van der Waals surface area contributed by atoms with Gasteiger partial charge in [0.05, 0.1) is 0 Å². The van der Waals surface area contributed by atoms with Crippen LogP contribution in [0.4, 0.5) is 0 Å². The van der Waals surface area contributed by atoms with Crippen LogP contribution < -0.4 is 0 Å². The van der Waals surface area contributed by atoms with Crippen LogP contribution in [0.25, 0.3) is 43.1 Å². The van der Waals surface area contributed by atoms with Crippen LogP contribution in [-0.4, -0.2) is 0 Å². The molecule has 0 aromatic heterocycles. The first-order valence-corrected chi connectivity index (χ1v) is 8.54. The minimum absolute atomic E-state index is 0.678. The second-order valence-electron chi connectivity index (χ2n) is 6.58. The van der Waals surface area contributed by atoms with E-state index < -0.39 is 0 Å². The van der Waals surface area contributed by atoms with E-state index >= 15 is 0 Å². The Morgan fingerprint density at radius 3 is 1.96 bits per heavy atom. The number of fused-ring (bicyclic) bond motifs is 6. The van der Waals surface area contributed by atoms with Gasteiger partial charge in [0.15, 0.2) is 0 Å². The van der Waals surface area contributed by atoms with Crippen molar-refractivity contribution in [3.8, 4) is 12.3 Å². The molecule has 0 aliphatic rings. The fourth-order valence-electron chi connectivity index (χ4n) is 3.85. The van der Waals surface area contributed by atoms with Crippen LogP contribution in [0.2, 0.25) is 0 Å². The average molecular weight is 316 g/mol. The molecule has 0 heteroatoms. The van der Waals surface area contributed by atoms with Crippen molar-refractivity contribution in [3.05, 3.63) is 84.4 Å².